The van der Waals surface area contributed by atoms with E-state index in [0.717, 1.165) is 23.7 Å². The highest BCUT2D eigenvalue weighted by molar-refractivity contribution is 5.41. The fraction of sp³-hybridized carbons (Fsp3) is 0.667. The van der Waals surface area contributed by atoms with Crippen LogP contribution in [-0.2, 0) is 6.42 Å². The smallest absolute Gasteiger partial charge is 0.119 e. The summed E-state index contributed by atoms with van der Waals surface area (Å²) in [5.74, 6) is 1.65. The summed E-state index contributed by atoms with van der Waals surface area (Å²) in [5.41, 5.74) is 2.32. The fourth-order valence-corrected chi connectivity index (χ4v) is 4.11. The minimum absolute atomic E-state index is 0.211. The van der Waals surface area contributed by atoms with E-state index in [1.807, 2.05) is 12.1 Å². The predicted octanol–water partition coefficient (Wildman–Crippen LogP) is 3.16. The lowest BCUT2D eigenvalue weighted by atomic mass is 9.85. The van der Waals surface area contributed by atoms with Gasteiger partial charge in [0.15, 0.2) is 0 Å². The van der Waals surface area contributed by atoms with Crippen molar-refractivity contribution in [3.8, 4) is 5.75 Å². The molecule has 2 aliphatic carbocycles. The van der Waals surface area contributed by atoms with Gasteiger partial charge in [-0.25, -0.2) is 0 Å². The zero-order valence-electron chi connectivity index (χ0n) is 13.4. The minimum atomic E-state index is -0.391. The Morgan fingerprint density at radius 1 is 1.29 bits per heavy atom. The van der Waals surface area contributed by atoms with Crippen molar-refractivity contribution in [2.24, 2.45) is 5.92 Å². The first kappa shape index (κ1) is 14.9. The molecule has 0 bridgehead atoms. The maximum absolute atomic E-state index is 10.7. The van der Waals surface area contributed by atoms with E-state index in [0.29, 0.717) is 6.04 Å². The molecule has 1 saturated carbocycles. The summed E-state index contributed by atoms with van der Waals surface area (Å²) in [7, 11) is 3.87. The maximum atomic E-state index is 10.7. The molecule has 3 heteroatoms. The van der Waals surface area contributed by atoms with Gasteiger partial charge in [-0.15, -0.1) is 0 Å². The third-order valence-electron chi connectivity index (χ3n) is 5.47. The van der Waals surface area contributed by atoms with Gasteiger partial charge in [0.25, 0.3) is 0 Å². The zero-order valence-corrected chi connectivity index (χ0v) is 13.4. The molecule has 1 aromatic carbocycles. The van der Waals surface area contributed by atoms with Crippen LogP contribution in [0.25, 0.3) is 0 Å². The third kappa shape index (κ3) is 2.82. The second-order valence-electron chi connectivity index (χ2n) is 6.87. The molecule has 0 aliphatic heterocycles. The van der Waals surface area contributed by atoms with Gasteiger partial charge >= 0.3 is 0 Å². The number of methoxy groups -OCH3 is 1. The van der Waals surface area contributed by atoms with E-state index in [1.165, 1.54) is 31.2 Å². The number of likely N-dealkylation sites (N-methyl/N-ethyl adjacent to an activating group) is 1. The molecule has 0 aromatic heterocycles. The molecule has 116 valence electrons. The molecule has 2 aliphatic rings. The van der Waals surface area contributed by atoms with Crippen LogP contribution < -0.4 is 4.74 Å². The summed E-state index contributed by atoms with van der Waals surface area (Å²) in [6.07, 6.45) is 5.76. The van der Waals surface area contributed by atoms with Crippen LogP contribution in [0, 0.1) is 5.92 Å². The first-order valence-electron chi connectivity index (χ1n) is 8.17. The van der Waals surface area contributed by atoms with Crippen molar-refractivity contribution >= 4 is 0 Å². The molecule has 0 heterocycles. The average Bonchev–Trinajstić information content (AvgIpc) is 2.83. The van der Waals surface area contributed by atoms with Crippen molar-refractivity contribution < 1.29 is 9.84 Å². The summed E-state index contributed by atoms with van der Waals surface area (Å²) in [6.45, 7) is 2.35. The number of ether oxygens (including phenoxy) is 1. The Balaban J connectivity index is 1.75. The number of nitrogens with zero attached hydrogens (tertiary/aromatic N) is 1. The highest BCUT2D eigenvalue weighted by Gasteiger charge is 2.37. The zero-order chi connectivity index (χ0) is 15.0. The number of aliphatic hydroxyl groups is 1. The number of hydrogen-bond donors (Lipinski definition) is 1. The molecule has 0 amide bonds. The van der Waals surface area contributed by atoms with Crippen LogP contribution in [0.4, 0.5) is 0 Å². The van der Waals surface area contributed by atoms with Crippen molar-refractivity contribution in [2.75, 3.05) is 14.2 Å². The summed E-state index contributed by atoms with van der Waals surface area (Å²) < 4.78 is 5.29. The molecule has 0 saturated heterocycles. The Labute approximate surface area is 127 Å². The topological polar surface area (TPSA) is 32.7 Å². The van der Waals surface area contributed by atoms with E-state index in [2.05, 4.69) is 24.9 Å². The van der Waals surface area contributed by atoms with Gasteiger partial charge in [0.1, 0.15) is 5.75 Å². The van der Waals surface area contributed by atoms with E-state index in [4.69, 9.17) is 4.74 Å². The fourth-order valence-electron chi connectivity index (χ4n) is 4.11. The van der Waals surface area contributed by atoms with E-state index in [1.54, 1.807) is 7.11 Å². The Morgan fingerprint density at radius 3 is 2.81 bits per heavy atom. The number of rotatable bonds is 3. The minimum Gasteiger partial charge on any atom is -0.497 e. The predicted molar refractivity (Wildman–Crippen MR) is 84.6 cm³/mol. The molecule has 1 fully saturated rings. The quantitative estimate of drug-likeness (QED) is 0.928. The normalized spacial score (nSPS) is 32.2. The molecular weight excluding hydrogens is 262 g/mol. The number of benzene rings is 1. The van der Waals surface area contributed by atoms with Gasteiger partial charge in [-0.05, 0) is 55.5 Å². The molecule has 4 atom stereocenters. The van der Waals surface area contributed by atoms with Crippen LogP contribution >= 0.6 is 0 Å². The standard InChI is InChI=1S/C18H27NO2/c1-12-5-4-6-14(9-12)19(2)17-10-13-7-8-15(21-3)11-16(13)18(17)20/h7-8,11-12,14,17-18,20H,4-6,9-10H2,1-3H3. The Kier molecular flexibility index (Phi) is 4.23. The maximum Gasteiger partial charge on any atom is 0.119 e. The number of aliphatic hydroxyl groups excluding tert-OH is 1. The molecule has 0 radical (unpaired) electrons. The number of hydrogen-bond acceptors (Lipinski definition) is 3. The Morgan fingerprint density at radius 2 is 2.10 bits per heavy atom. The van der Waals surface area contributed by atoms with Gasteiger partial charge in [0, 0.05) is 12.1 Å². The van der Waals surface area contributed by atoms with Crippen molar-refractivity contribution in [3.05, 3.63) is 29.3 Å². The van der Waals surface area contributed by atoms with Gasteiger partial charge in [-0.3, -0.25) is 4.90 Å². The van der Waals surface area contributed by atoms with Crippen LogP contribution in [0.3, 0.4) is 0 Å². The molecule has 0 spiro atoms. The summed E-state index contributed by atoms with van der Waals surface area (Å²) >= 11 is 0. The van der Waals surface area contributed by atoms with E-state index in [-0.39, 0.29) is 6.04 Å². The summed E-state index contributed by atoms with van der Waals surface area (Å²) in [4.78, 5) is 2.44. The second kappa shape index (κ2) is 5.98. The van der Waals surface area contributed by atoms with Gasteiger partial charge in [0.05, 0.1) is 13.2 Å². The van der Waals surface area contributed by atoms with Crippen molar-refractivity contribution in [3.63, 3.8) is 0 Å². The monoisotopic (exact) mass is 289 g/mol. The van der Waals surface area contributed by atoms with Crippen LogP contribution in [0.2, 0.25) is 0 Å². The van der Waals surface area contributed by atoms with Crippen LogP contribution in [0.1, 0.15) is 49.8 Å². The number of fused-ring (bicyclic) bond motifs is 1. The lowest BCUT2D eigenvalue weighted by Gasteiger charge is -2.38. The molecule has 4 unspecified atom stereocenters. The Hall–Kier alpha value is -1.06. The molecule has 1 N–H and O–H groups in total. The first-order valence-corrected chi connectivity index (χ1v) is 8.17. The average molecular weight is 289 g/mol. The SMILES string of the molecule is COc1ccc2c(c1)C(O)C(N(C)C1CCCC(C)C1)C2. The molecular formula is C18H27NO2. The second-order valence-corrected chi connectivity index (χ2v) is 6.87. The van der Waals surface area contributed by atoms with E-state index >= 15 is 0 Å². The van der Waals surface area contributed by atoms with Crippen molar-refractivity contribution in [1.29, 1.82) is 0 Å². The van der Waals surface area contributed by atoms with Gasteiger partial charge in [-0.2, -0.15) is 0 Å². The molecule has 3 rings (SSSR count). The summed E-state index contributed by atoms with van der Waals surface area (Å²) in [5, 5.41) is 10.7. The molecule has 3 nitrogen and oxygen atoms in total. The van der Waals surface area contributed by atoms with Crippen LogP contribution in [0.5, 0.6) is 5.75 Å². The van der Waals surface area contributed by atoms with Crippen molar-refractivity contribution in [1.82, 2.24) is 4.90 Å². The van der Waals surface area contributed by atoms with Crippen molar-refractivity contribution in [2.45, 2.75) is 57.2 Å². The van der Waals surface area contributed by atoms with Crippen LogP contribution in [-0.4, -0.2) is 36.2 Å². The molecule has 1 aromatic rings. The van der Waals surface area contributed by atoms with E-state index < -0.39 is 6.10 Å². The van der Waals surface area contributed by atoms with Gasteiger partial charge in [0.2, 0.25) is 0 Å². The lowest BCUT2D eigenvalue weighted by Crippen LogP contribution is -2.44. The highest BCUT2D eigenvalue weighted by Crippen LogP contribution is 2.38. The first-order chi connectivity index (χ1) is 10.1. The van der Waals surface area contributed by atoms with E-state index in [9.17, 15) is 5.11 Å². The molecule has 21 heavy (non-hydrogen) atoms. The lowest BCUT2D eigenvalue weighted by molar-refractivity contribution is 0.0344. The third-order valence-corrected chi connectivity index (χ3v) is 5.47. The highest BCUT2D eigenvalue weighted by atomic mass is 16.5. The van der Waals surface area contributed by atoms with Gasteiger partial charge in [-0.1, -0.05) is 25.8 Å². The van der Waals surface area contributed by atoms with Crippen LogP contribution in [0.15, 0.2) is 18.2 Å². The summed E-state index contributed by atoms with van der Waals surface area (Å²) in [6, 6.07) is 6.93. The largest absolute Gasteiger partial charge is 0.497 e. The Bertz CT molecular complexity index is 502. The van der Waals surface area contributed by atoms with Gasteiger partial charge < -0.3 is 9.84 Å².